The number of fused-ring (bicyclic) bond motifs is 2. The topological polar surface area (TPSA) is 60.1 Å². The second-order valence-corrected chi connectivity index (χ2v) is 9.85. The summed E-state index contributed by atoms with van der Waals surface area (Å²) < 4.78 is 17.6. The van der Waals surface area contributed by atoms with Crippen LogP contribution in [-0.2, 0) is 20.7 Å². The van der Waals surface area contributed by atoms with E-state index in [9.17, 15) is 4.79 Å². The maximum absolute atomic E-state index is 12.7. The Morgan fingerprint density at radius 1 is 1.28 bits per heavy atom. The molecule has 29 heavy (non-hydrogen) atoms. The van der Waals surface area contributed by atoms with E-state index in [1.54, 1.807) is 7.11 Å². The molecule has 1 N–H and O–H groups in total. The Hall–Kier alpha value is -1.59. The van der Waals surface area contributed by atoms with Crippen molar-refractivity contribution in [3.63, 3.8) is 0 Å². The van der Waals surface area contributed by atoms with Crippen molar-refractivity contribution in [1.82, 2.24) is 5.32 Å². The Morgan fingerprint density at radius 3 is 2.83 bits per heavy atom. The zero-order chi connectivity index (χ0) is 20.2. The van der Waals surface area contributed by atoms with Crippen LogP contribution in [0, 0.1) is 23.2 Å². The summed E-state index contributed by atoms with van der Waals surface area (Å²) in [6.07, 6.45) is 5.82. The fourth-order valence-corrected chi connectivity index (χ4v) is 6.75. The van der Waals surface area contributed by atoms with Crippen LogP contribution in [-0.4, -0.2) is 44.0 Å². The highest BCUT2D eigenvalue weighted by Gasteiger charge is 2.78. The largest absolute Gasteiger partial charge is 0.497 e. The predicted octanol–water partition coefficient (Wildman–Crippen LogP) is 3.35. The molecule has 1 aromatic carbocycles. The molecule has 4 fully saturated rings. The third-order valence-electron chi connectivity index (χ3n) is 8.31. The van der Waals surface area contributed by atoms with Crippen molar-refractivity contribution in [2.45, 2.75) is 63.8 Å². The van der Waals surface area contributed by atoms with E-state index < -0.39 is 0 Å². The van der Waals surface area contributed by atoms with Gasteiger partial charge < -0.3 is 19.5 Å². The van der Waals surface area contributed by atoms with Gasteiger partial charge in [0.1, 0.15) is 17.5 Å². The molecule has 0 bridgehead atoms. The highest BCUT2D eigenvalue weighted by atomic mass is 16.6. The molecule has 5 rings (SSSR count). The number of hydrogen-bond donors (Lipinski definition) is 1. The number of carbonyl (C=O) groups excluding carboxylic acids is 1. The molecule has 7 atom stereocenters. The summed E-state index contributed by atoms with van der Waals surface area (Å²) in [7, 11) is 1.68. The molecular formula is C24H33NO4. The molecular weight excluding hydrogens is 366 g/mol. The molecule has 2 aliphatic carbocycles. The van der Waals surface area contributed by atoms with Crippen molar-refractivity contribution in [2.75, 3.05) is 20.2 Å². The molecule has 5 heteroatoms. The second kappa shape index (κ2) is 6.98. The second-order valence-electron chi connectivity index (χ2n) is 9.85. The van der Waals surface area contributed by atoms with Crippen LogP contribution in [0.1, 0.15) is 45.1 Å². The van der Waals surface area contributed by atoms with E-state index in [1.165, 1.54) is 24.8 Å². The highest BCUT2D eigenvalue weighted by molar-refractivity contribution is 5.76. The molecule has 0 aromatic heterocycles. The first-order valence-corrected chi connectivity index (χ1v) is 11.2. The molecule has 1 aromatic rings. The number of methoxy groups -OCH3 is 1. The summed E-state index contributed by atoms with van der Waals surface area (Å²) in [4.78, 5) is 12.7. The number of rotatable bonds is 6. The smallest absolute Gasteiger partial charge is 0.311 e. The van der Waals surface area contributed by atoms with Crippen molar-refractivity contribution in [3.8, 4) is 5.75 Å². The minimum absolute atomic E-state index is 0.0122. The molecule has 5 nitrogen and oxygen atoms in total. The van der Waals surface area contributed by atoms with Crippen LogP contribution >= 0.6 is 0 Å². The maximum Gasteiger partial charge on any atom is 0.311 e. The minimum Gasteiger partial charge on any atom is -0.497 e. The first-order chi connectivity index (χ1) is 14.0. The number of benzene rings is 1. The summed E-state index contributed by atoms with van der Waals surface area (Å²) in [6, 6.07) is 8.16. The highest BCUT2D eigenvalue weighted by Crippen LogP contribution is 2.70. The molecule has 0 radical (unpaired) electrons. The van der Waals surface area contributed by atoms with Crippen LogP contribution in [0.15, 0.2) is 24.3 Å². The van der Waals surface area contributed by atoms with Crippen LogP contribution in [0.3, 0.4) is 0 Å². The SMILES string of the molecule is COc1ccc(CCNC[C@H]2C(=O)O[C@@H]3C[C@@]4(C)CCC[C@H](C)[C@]45O[C@H]5[C@@H]32)cc1. The standard InChI is InChI=1S/C24H33NO4/c1-15-5-4-11-23(2)13-19-20(21-24(15,23)29-21)18(22(26)28-19)14-25-12-10-16-6-8-17(27-3)9-7-16/h6-9,15,18-21,25H,4-5,10-14H2,1-3H3/t15-,18+,19+,20+,21-,23+,24+/m0/s1. The van der Waals surface area contributed by atoms with Gasteiger partial charge >= 0.3 is 5.97 Å². The first-order valence-electron chi connectivity index (χ1n) is 11.2. The third kappa shape index (κ3) is 2.92. The lowest BCUT2D eigenvalue weighted by molar-refractivity contribution is -0.146. The van der Waals surface area contributed by atoms with E-state index in [2.05, 4.69) is 31.3 Å². The maximum atomic E-state index is 12.7. The lowest BCUT2D eigenvalue weighted by atomic mass is 9.53. The summed E-state index contributed by atoms with van der Waals surface area (Å²) in [6.45, 7) is 6.24. The normalized spacial score (nSPS) is 42.4. The average molecular weight is 400 g/mol. The van der Waals surface area contributed by atoms with E-state index in [0.717, 1.165) is 25.1 Å². The molecule has 4 aliphatic rings. The molecule has 0 amide bonds. The van der Waals surface area contributed by atoms with Crippen LogP contribution in [0.2, 0.25) is 0 Å². The molecule has 0 unspecified atom stereocenters. The van der Waals surface area contributed by atoms with Gasteiger partial charge in [0.2, 0.25) is 0 Å². The summed E-state index contributed by atoms with van der Waals surface area (Å²) in [5.41, 5.74) is 1.41. The molecule has 158 valence electrons. The molecule has 1 spiro atoms. The fourth-order valence-electron chi connectivity index (χ4n) is 6.75. The Labute approximate surface area is 173 Å². The quantitative estimate of drug-likeness (QED) is 0.452. The number of ether oxygens (including phenoxy) is 3. The Balaban J connectivity index is 1.21. The van der Waals surface area contributed by atoms with Crippen LogP contribution in [0.4, 0.5) is 0 Å². The van der Waals surface area contributed by atoms with Gasteiger partial charge in [-0.05, 0) is 55.8 Å². The number of nitrogens with one attached hydrogen (secondary N) is 1. The van der Waals surface area contributed by atoms with E-state index in [-0.39, 0.29) is 41.0 Å². The van der Waals surface area contributed by atoms with Gasteiger partial charge in [-0.15, -0.1) is 0 Å². The van der Waals surface area contributed by atoms with E-state index >= 15 is 0 Å². The van der Waals surface area contributed by atoms with E-state index in [0.29, 0.717) is 12.5 Å². The Kier molecular flexibility index (Phi) is 4.67. The molecule has 2 heterocycles. The van der Waals surface area contributed by atoms with Gasteiger partial charge in [0.15, 0.2) is 0 Å². The van der Waals surface area contributed by atoms with E-state index in [1.807, 2.05) is 12.1 Å². The summed E-state index contributed by atoms with van der Waals surface area (Å²) in [5, 5.41) is 3.51. The molecule has 2 saturated carbocycles. The van der Waals surface area contributed by atoms with Gasteiger partial charge in [0.25, 0.3) is 0 Å². The van der Waals surface area contributed by atoms with E-state index in [4.69, 9.17) is 14.2 Å². The van der Waals surface area contributed by atoms with Crippen molar-refractivity contribution >= 4 is 5.97 Å². The van der Waals surface area contributed by atoms with Crippen LogP contribution in [0.5, 0.6) is 5.75 Å². The Morgan fingerprint density at radius 2 is 2.07 bits per heavy atom. The van der Waals surface area contributed by atoms with Gasteiger partial charge in [-0.1, -0.05) is 32.4 Å². The predicted molar refractivity (Wildman–Crippen MR) is 110 cm³/mol. The zero-order valence-electron chi connectivity index (χ0n) is 17.8. The average Bonchev–Trinajstić information content (AvgIpc) is 3.39. The monoisotopic (exact) mass is 399 g/mol. The van der Waals surface area contributed by atoms with Gasteiger partial charge in [-0.25, -0.2) is 0 Å². The minimum atomic E-state index is -0.0843. The number of hydrogen-bond acceptors (Lipinski definition) is 5. The first kappa shape index (κ1) is 19.4. The Bertz CT molecular complexity index is 780. The van der Waals surface area contributed by atoms with Crippen molar-refractivity contribution in [1.29, 1.82) is 0 Å². The van der Waals surface area contributed by atoms with Crippen LogP contribution < -0.4 is 10.1 Å². The molecule has 2 aliphatic heterocycles. The summed E-state index contributed by atoms with van der Waals surface area (Å²) >= 11 is 0. The van der Waals surface area contributed by atoms with Crippen molar-refractivity contribution < 1.29 is 19.0 Å². The van der Waals surface area contributed by atoms with Crippen molar-refractivity contribution in [2.24, 2.45) is 23.2 Å². The third-order valence-corrected chi connectivity index (χ3v) is 8.31. The van der Waals surface area contributed by atoms with Gasteiger partial charge in [-0.3, -0.25) is 4.79 Å². The number of esters is 1. The number of carbonyl (C=O) groups is 1. The van der Waals surface area contributed by atoms with Gasteiger partial charge in [0.05, 0.1) is 19.1 Å². The van der Waals surface area contributed by atoms with Gasteiger partial charge in [0, 0.05) is 17.9 Å². The zero-order valence-corrected chi connectivity index (χ0v) is 17.8. The summed E-state index contributed by atoms with van der Waals surface area (Å²) in [5.74, 6) is 1.55. The lowest BCUT2D eigenvalue weighted by Crippen LogP contribution is -2.54. The molecule has 2 saturated heterocycles. The van der Waals surface area contributed by atoms with Crippen LogP contribution in [0.25, 0.3) is 0 Å². The fraction of sp³-hybridized carbons (Fsp3) is 0.708. The lowest BCUT2D eigenvalue weighted by Gasteiger charge is -2.48. The van der Waals surface area contributed by atoms with Gasteiger partial charge in [-0.2, -0.15) is 0 Å². The van der Waals surface area contributed by atoms with Crippen molar-refractivity contribution in [3.05, 3.63) is 29.8 Å². The number of epoxide rings is 1.